The van der Waals surface area contributed by atoms with Gasteiger partial charge < -0.3 is 5.73 Å². The van der Waals surface area contributed by atoms with Gasteiger partial charge in [0, 0.05) is 5.56 Å². The van der Waals surface area contributed by atoms with Crippen molar-refractivity contribution in [1.82, 2.24) is 24.6 Å². The summed E-state index contributed by atoms with van der Waals surface area (Å²) in [6, 6.07) is 4.56. The number of rotatable bonds is 2. The molecule has 3 rings (SSSR count). The van der Waals surface area contributed by atoms with Gasteiger partial charge in [0.2, 0.25) is 5.95 Å². The molecule has 114 valence electrons. The molecule has 22 heavy (non-hydrogen) atoms. The first kappa shape index (κ1) is 14.6. The molecule has 0 aliphatic rings. The van der Waals surface area contributed by atoms with Gasteiger partial charge in [-0.2, -0.15) is 32.6 Å². The summed E-state index contributed by atoms with van der Waals surface area (Å²) in [5, 5.41) is 4.56. The lowest BCUT2D eigenvalue weighted by Crippen LogP contribution is -2.05. The normalized spacial score (nSPS) is 12.0. The number of hydrogen-bond acceptors (Lipinski definition) is 6. The average molecular weight is 326 g/mol. The lowest BCUT2D eigenvalue weighted by atomic mass is 10.1. The van der Waals surface area contributed by atoms with Crippen LogP contribution in [0.1, 0.15) is 5.56 Å². The molecule has 2 N–H and O–H groups in total. The number of hydrogen-bond donors (Lipinski definition) is 1. The molecule has 2 heterocycles. The minimum Gasteiger partial charge on any atom is -0.368 e. The molecule has 3 aromatic rings. The van der Waals surface area contributed by atoms with Crippen LogP contribution in [0, 0.1) is 0 Å². The maximum absolute atomic E-state index is 12.6. The molecule has 0 radical (unpaired) electrons. The maximum Gasteiger partial charge on any atom is 0.416 e. The highest BCUT2D eigenvalue weighted by Crippen LogP contribution is 2.30. The van der Waals surface area contributed by atoms with Crippen molar-refractivity contribution >= 4 is 23.5 Å². The molecular formula is C12H9F3N6S. The molecule has 6 nitrogen and oxygen atoms in total. The molecule has 0 saturated heterocycles. The molecule has 0 bridgehead atoms. The van der Waals surface area contributed by atoms with Gasteiger partial charge in [0.05, 0.1) is 5.56 Å². The number of aromatic nitrogens is 5. The van der Waals surface area contributed by atoms with Gasteiger partial charge in [0.15, 0.2) is 11.0 Å². The smallest absolute Gasteiger partial charge is 0.368 e. The minimum atomic E-state index is -4.38. The summed E-state index contributed by atoms with van der Waals surface area (Å²) in [5.41, 5.74) is 5.45. The van der Waals surface area contributed by atoms with Crippen LogP contribution in [0.3, 0.4) is 0 Å². The fourth-order valence-electron chi connectivity index (χ4n) is 1.81. The second-order valence-electron chi connectivity index (χ2n) is 4.29. The monoisotopic (exact) mass is 326 g/mol. The van der Waals surface area contributed by atoms with Crippen molar-refractivity contribution in [2.45, 2.75) is 11.3 Å². The van der Waals surface area contributed by atoms with E-state index in [1.165, 1.54) is 28.4 Å². The molecule has 0 amide bonds. The van der Waals surface area contributed by atoms with E-state index in [9.17, 15) is 13.2 Å². The first-order chi connectivity index (χ1) is 10.4. The third kappa shape index (κ3) is 2.56. The Morgan fingerprint density at radius 1 is 1.09 bits per heavy atom. The Balaban J connectivity index is 2.05. The number of nitrogens with two attached hydrogens (primary N) is 1. The summed E-state index contributed by atoms with van der Waals surface area (Å²) in [7, 11) is 0. The number of fused-ring (bicyclic) bond motifs is 1. The Kier molecular flexibility index (Phi) is 3.39. The summed E-state index contributed by atoms with van der Waals surface area (Å²) >= 11 is 1.30. The van der Waals surface area contributed by atoms with Gasteiger partial charge in [-0.05, 0) is 18.4 Å². The predicted octanol–water partition coefficient (Wildman–Crippen LogP) is 2.51. The second-order valence-corrected chi connectivity index (χ2v) is 5.06. The van der Waals surface area contributed by atoms with Crippen LogP contribution in [0.15, 0.2) is 29.4 Å². The number of halogens is 3. The Morgan fingerprint density at radius 2 is 1.77 bits per heavy atom. The predicted molar refractivity (Wildman–Crippen MR) is 75.2 cm³/mol. The van der Waals surface area contributed by atoms with Gasteiger partial charge in [-0.15, -0.1) is 5.10 Å². The molecular weight excluding hydrogens is 317 g/mol. The number of anilines is 1. The van der Waals surface area contributed by atoms with E-state index in [2.05, 4.69) is 20.1 Å². The topological polar surface area (TPSA) is 82.0 Å². The van der Waals surface area contributed by atoms with Crippen molar-refractivity contribution in [2.24, 2.45) is 0 Å². The van der Waals surface area contributed by atoms with Crippen LogP contribution in [0.25, 0.3) is 17.2 Å². The van der Waals surface area contributed by atoms with Crippen molar-refractivity contribution in [3.63, 3.8) is 0 Å². The zero-order valence-electron chi connectivity index (χ0n) is 11.2. The van der Waals surface area contributed by atoms with Crippen LogP contribution in [0.2, 0.25) is 0 Å². The SMILES string of the molecule is CSc1nc(N)n2nc(-c3ccc(C(F)(F)F)cc3)nc2n1. The fraction of sp³-hybridized carbons (Fsp3) is 0.167. The van der Waals surface area contributed by atoms with Gasteiger partial charge in [-0.1, -0.05) is 23.9 Å². The number of nitrogens with zero attached hydrogens (tertiary/aromatic N) is 5. The van der Waals surface area contributed by atoms with Crippen LogP contribution in [0.5, 0.6) is 0 Å². The number of alkyl halides is 3. The zero-order valence-corrected chi connectivity index (χ0v) is 12.0. The zero-order chi connectivity index (χ0) is 15.9. The minimum absolute atomic E-state index is 0.111. The van der Waals surface area contributed by atoms with E-state index in [0.717, 1.165) is 12.1 Å². The summed E-state index contributed by atoms with van der Waals surface area (Å²) in [5.74, 6) is 0.583. The molecule has 10 heteroatoms. The number of benzene rings is 1. The van der Waals surface area contributed by atoms with Crippen LogP contribution < -0.4 is 5.73 Å². The van der Waals surface area contributed by atoms with E-state index in [4.69, 9.17) is 5.73 Å². The van der Waals surface area contributed by atoms with Crippen molar-refractivity contribution < 1.29 is 13.2 Å². The molecule has 0 saturated carbocycles. The Labute approximate surface area is 126 Å². The molecule has 0 aliphatic carbocycles. The van der Waals surface area contributed by atoms with E-state index >= 15 is 0 Å². The van der Waals surface area contributed by atoms with Gasteiger partial charge in [0.1, 0.15) is 0 Å². The Bertz CT molecular complexity index is 827. The highest BCUT2D eigenvalue weighted by molar-refractivity contribution is 7.98. The lowest BCUT2D eigenvalue weighted by Gasteiger charge is -2.05. The molecule has 0 fully saturated rings. The summed E-state index contributed by atoms with van der Waals surface area (Å²) in [6.45, 7) is 0. The highest BCUT2D eigenvalue weighted by Gasteiger charge is 2.30. The van der Waals surface area contributed by atoms with Crippen LogP contribution >= 0.6 is 11.8 Å². The average Bonchev–Trinajstić information content (AvgIpc) is 2.91. The summed E-state index contributed by atoms with van der Waals surface area (Å²) in [4.78, 5) is 12.3. The largest absolute Gasteiger partial charge is 0.416 e. The van der Waals surface area contributed by atoms with E-state index in [-0.39, 0.29) is 17.6 Å². The Hall–Kier alpha value is -2.36. The quantitative estimate of drug-likeness (QED) is 0.729. The van der Waals surface area contributed by atoms with Crippen LogP contribution in [0.4, 0.5) is 19.1 Å². The first-order valence-electron chi connectivity index (χ1n) is 6.00. The van der Waals surface area contributed by atoms with E-state index < -0.39 is 11.7 Å². The number of nitrogen functional groups attached to an aromatic ring is 1. The van der Waals surface area contributed by atoms with Crippen molar-refractivity contribution in [3.05, 3.63) is 29.8 Å². The molecule has 0 unspecified atom stereocenters. The summed E-state index contributed by atoms with van der Waals surface area (Å²) < 4.78 is 38.9. The van der Waals surface area contributed by atoms with E-state index in [1.807, 2.05) is 0 Å². The third-order valence-electron chi connectivity index (χ3n) is 2.87. The van der Waals surface area contributed by atoms with E-state index in [0.29, 0.717) is 10.7 Å². The van der Waals surface area contributed by atoms with Gasteiger partial charge in [-0.3, -0.25) is 0 Å². The maximum atomic E-state index is 12.6. The van der Waals surface area contributed by atoms with Crippen molar-refractivity contribution in [1.29, 1.82) is 0 Å². The van der Waals surface area contributed by atoms with Gasteiger partial charge >= 0.3 is 6.18 Å². The lowest BCUT2D eigenvalue weighted by molar-refractivity contribution is -0.137. The summed E-state index contributed by atoms with van der Waals surface area (Å²) in [6.07, 6.45) is -2.59. The molecule has 0 spiro atoms. The van der Waals surface area contributed by atoms with Crippen molar-refractivity contribution in [3.8, 4) is 11.4 Å². The highest BCUT2D eigenvalue weighted by atomic mass is 32.2. The van der Waals surface area contributed by atoms with Crippen LogP contribution in [-0.4, -0.2) is 30.8 Å². The third-order valence-corrected chi connectivity index (χ3v) is 3.41. The van der Waals surface area contributed by atoms with Gasteiger partial charge in [-0.25, -0.2) is 0 Å². The standard InChI is InChI=1S/C12H9F3N6S/c1-22-11-18-9(16)21-10(19-11)17-8(20-21)6-2-4-7(5-3-6)12(13,14)15/h2-5H,1H3,(H2,16,17,18,19,20). The van der Waals surface area contributed by atoms with Gasteiger partial charge in [0.25, 0.3) is 5.78 Å². The van der Waals surface area contributed by atoms with E-state index in [1.54, 1.807) is 6.26 Å². The molecule has 0 aliphatic heterocycles. The van der Waals surface area contributed by atoms with Crippen molar-refractivity contribution in [2.75, 3.05) is 12.0 Å². The first-order valence-corrected chi connectivity index (χ1v) is 7.23. The fourth-order valence-corrected chi connectivity index (χ4v) is 2.17. The Morgan fingerprint density at radius 3 is 2.36 bits per heavy atom. The molecule has 0 atom stereocenters. The second kappa shape index (κ2) is 5.13. The number of thioether (sulfide) groups is 1. The van der Waals surface area contributed by atoms with Crippen LogP contribution in [-0.2, 0) is 6.18 Å². The molecule has 2 aromatic heterocycles. The molecule has 1 aromatic carbocycles.